The lowest BCUT2D eigenvalue weighted by Gasteiger charge is -2.23. The van der Waals surface area contributed by atoms with Crippen LogP contribution in [0, 0.1) is 0 Å². The SMILES string of the molecule is CN1CCN=C1c1cc(C2=NCCN2C)cc(P(c2ccccc2)c2ccccc2)c1. The molecular formula is C26H27N4P. The van der Waals surface area contributed by atoms with Gasteiger partial charge in [0.25, 0.3) is 0 Å². The molecule has 4 nitrogen and oxygen atoms in total. The van der Waals surface area contributed by atoms with Gasteiger partial charge in [-0.25, -0.2) is 0 Å². The lowest BCUT2D eigenvalue weighted by molar-refractivity contribution is 0.555. The molecule has 0 spiro atoms. The Morgan fingerprint density at radius 1 is 0.613 bits per heavy atom. The number of hydrogen-bond donors (Lipinski definition) is 0. The Labute approximate surface area is 185 Å². The monoisotopic (exact) mass is 426 g/mol. The third kappa shape index (κ3) is 4.00. The summed E-state index contributed by atoms with van der Waals surface area (Å²) in [6.45, 7) is 3.67. The summed E-state index contributed by atoms with van der Waals surface area (Å²) in [5.74, 6) is 2.17. The predicted molar refractivity (Wildman–Crippen MR) is 133 cm³/mol. The highest BCUT2D eigenvalue weighted by Gasteiger charge is 2.24. The summed E-state index contributed by atoms with van der Waals surface area (Å²) in [7, 11) is 3.58. The van der Waals surface area contributed by atoms with E-state index in [-0.39, 0.29) is 0 Å². The van der Waals surface area contributed by atoms with Crippen molar-refractivity contribution in [2.75, 3.05) is 40.3 Å². The molecule has 0 saturated carbocycles. The second kappa shape index (κ2) is 8.64. The molecule has 0 N–H and O–H groups in total. The molecule has 0 radical (unpaired) electrons. The molecule has 156 valence electrons. The van der Waals surface area contributed by atoms with Gasteiger partial charge in [-0.15, -0.1) is 0 Å². The summed E-state index contributed by atoms with van der Waals surface area (Å²) in [6.07, 6.45) is 0. The summed E-state index contributed by atoms with van der Waals surface area (Å²) in [4.78, 5) is 14.2. The van der Waals surface area contributed by atoms with E-state index in [0.29, 0.717) is 0 Å². The average Bonchev–Trinajstić information content (AvgIpc) is 3.43. The molecule has 0 saturated heterocycles. The Bertz CT molecular complexity index is 1040. The smallest absolute Gasteiger partial charge is 0.130 e. The number of rotatable bonds is 5. The highest BCUT2D eigenvalue weighted by molar-refractivity contribution is 7.79. The van der Waals surface area contributed by atoms with Gasteiger partial charge in [-0.05, 0) is 42.0 Å². The molecule has 2 aliphatic rings. The zero-order valence-electron chi connectivity index (χ0n) is 18.1. The molecular weight excluding hydrogens is 399 g/mol. The van der Waals surface area contributed by atoms with Gasteiger partial charge >= 0.3 is 0 Å². The minimum Gasteiger partial charge on any atom is -0.358 e. The van der Waals surface area contributed by atoms with Gasteiger partial charge in [0.05, 0.1) is 13.1 Å². The number of hydrogen-bond acceptors (Lipinski definition) is 4. The van der Waals surface area contributed by atoms with Gasteiger partial charge in [-0.3, -0.25) is 9.98 Å². The summed E-state index contributed by atoms with van der Waals surface area (Å²) in [6, 6.07) is 28.7. The van der Waals surface area contributed by atoms with Crippen molar-refractivity contribution in [1.29, 1.82) is 0 Å². The van der Waals surface area contributed by atoms with Crippen LogP contribution in [0.5, 0.6) is 0 Å². The van der Waals surface area contributed by atoms with Gasteiger partial charge in [-0.2, -0.15) is 0 Å². The minimum absolute atomic E-state index is 0.683. The first-order valence-corrected chi connectivity index (χ1v) is 12.1. The molecule has 2 aliphatic heterocycles. The molecule has 3 aromatic carbocycles. The van der Waals surface area contributed by atoms with Crippen molar-refractivity contribution in [2.45, 2.75) is 0 Å². The molecule has 0 bridgehead atoms. The van der Waals surface area contributed by atoms with Crippen LogP contribution in [0.15, 0.2) is 88.8 Å². The minimum atomic E-state index is -0.683. The third-order valence-corrected chi connectivity index (χ3v) is 8.24. The van der Waals surface area contributed by atoms with Gasteiger partial charge in [0, 0.05) is 38.3 Å². The lowest BCUT2D eigenvalue weighted by Crippen LogP contribution is -2.29. The third-order valence-electron chi connectivity index (χ3n) is 5.84. The van der Waals surface area contributed by atoms with E-state index < -0.39 is 7.92 Å². The zero-order valence-corrected chi connectivity index (χ0v) is 19.0. The van der Waals surface area contributed by atoms with Crippen LogP contribution in [0.3, 0.4) is 0 Å². The van der Waals surface area contributed by atoms with Gasteiger partial charge in [0.15, 0.2) is 0 Å². The van der Waals surface area contributed by atoms with Crippen molar-refractivity contribution in [3.8, 4) is 0 Å². The molecule has 3 aromatic rings. The predicted octanol–water partition coefficient (Wildman–Crippen LogP) is 2.83. The molecule has 5 heteroatoms. The van der Waals surface area contributed by atoms with Gasteiger partial charge in [0.2, 0.25) is 0 Å². The quantitative estimate of drug-likeness (QED) is 0.588. The van der Waals surface area contributed by atoms with Crippen molar-refractivity contribution >= 4 is 35.5 Å². The van der Waals surface area contributed by atoms with Crippen LogP contribution in [0.4, 0.5) is 0 Å². The molecule has 0 amide bonds. The largest absolute Gasteiger partial charge is 0.358 e. The van der Waals surface area contributed by atoms with E-state index in [2.05, 4.69) is 103 Å². The first kappa shape index (κ1) is 20.0. The summed E-state index contributed by atoms with van der Waals surface area (Å²) in [5.41, 5.74) is 2.38. The van der Waals surface area contributed by atoms with E-state index in [0.717, 1.165) is 37.9 Å². The van der Waals surface area contributed by atoms with Gasteiger partial charge in [0.1, 0.15) is 11.7 Å². The van der Waals surface area contributed by atoms with Crippen LogP contribution in [0.2, 0.25) is 0 Å². The summed E-state index contributed by atoms with van der Waals surface area (Å²) < 4.78 is 0. The maximum atomic E-state index is 4.82. The molecule has 0 aliphatic carbocycles. The maximum absolute atomic E-state index is 4.82. The fourth-order valence-corrected chi connectivity index (χ4v) is 6.66. The van der Waals surface area contributed by atoms with E-state index >= 15 is 0 Å². The number of benzene rings is 3. The van der Waals surface area contributed by atoms with Gasteiger partial charge < -0.3 is 9.80 Å². The Balaban J connectivity index is 1.70. The van der Waals surface area contributed by atoms with Crippen LogP contribution in [-0.2, 0) is 0 Å². The second-order valence-electron chi connectivity index (χ2n) is 8.03. The fraction of sp³-hybridized carbons (Fsp3) is 0.231. The average molecular weight is 427 g/mol. The van der Waals surface area contributed by atoms with Crippen LogP contribution in [0.25, 0.3) is 0 Å². The van der Waals surface area contributed by atoms with E-state index in [1.807, 2.05) is 0 Å². The molecule has 5 rings (SSSR count). The maximum Gasteiger partial charge on any atom is 0.130 e. The normalized spacial score (nSPS) is 16.1. The lowest BCUT2D eigenvalue weighted by atomic mass is 10.1. The van der Waals surface area contributed by atoms with Crippen LogP contribution < -0.4 is 15.9 Å². The van der Waals surface area contributed by atoms with E-state index in [9.17, 15) is 0 Å². The highest BCUT2D eigenvalue weighted by Crippen LogP contribution is 2.34. The van der Waals surface area contributed by atoms with Crippen LogP contribution in [-0.4, -0.2) is 61.7 Å². The number of nitrogens with zero attached hydrogens (tertiary/aromatic N) is 4. The van der Waals surface area contributed by atoms with E-state index in [4.69, 9.17) is 9.98 Å². The molecule has 31 heavy (non-hydrogen) atoms. The topological polar surface area (TPSA) is 31.2 Å². The Hall–Kier alpha value is -2.97. The fourth-order valence-electron chi connectivity index (χ4n) is 4.29. The van der Waals surface area contributed by atoms with Crippen LogP contribution >= 0.6 is 7.92 Å². The number of likely N-dealkylation sites (N-methyl/N-ethyl adjacent to an activating group) is 2. The zero-order chi connectivity index (χ0) is 21.2. The van der Waals surface area contributed by atoms with Crippen molar-refractivity contribution in [3.05, 3.63) is 90.0 Å². The molecule has 2 heterocycles. The Morgan fingerprint density at radius 2 is 1.06 bits per heavy atom. The van der Waals surface area contributed by atoms with Crippen molar-refractivity contribution in [1.82, 2.24) is 9.80 Å². The van der Waals surface area contributed by atoms with Crippen molar-refractivity contribution in [2.24, 2.45) is 9.98 Å². The first-order valence-electron chi connectivity index (χ1n) is 10.8. The number of aliphatic imine (C=N–C) groups is 2. The Morgan fingerprint density at radius 3 is 1.45 bits per heavy atom. The molecule has 0 unspecified atom stereocenters. The van der Waals surface area contributed by atoms with E-state index in [1.165, 1.54) is 27.0 Å². The summed E-state index contributed by atoms with van der Waals surface area (Å²) in [5, 5.41) is 4.05. The Kier molecular flexibility index (Phi) is 5.57. The molecule has 0 fully saturated rings. The van der Waals surface area contributed by atoms with Gasteiger partial charge in [-0.1, -0.05) is 60.7 Å². The van der Waals surface area contributed by atoms with Crippen molar-refractivity contribution < 1.29 is 0 Å². The highest BCUT2D eigenvalue weighted by atomic mass is 31.1. The van der Waals surface area contributed by atoms with E-state index in [1.54, 1.807) is 0 Å². The molecule has 0 atom stereocenters. The standard InChI is InChI=1S/C26H27N4P/c1-29-15-13-27-25(29)20-17-21(26-28-14-16-30(26)2)19-24(18-20)31(22-9-5-3-6-10-22)23-11-7-4-8-12-23/h3-12,17-19H,13-16H2,1-2H3. The summed E-state index contributed by atoms with van der Waals surface area (Å²) >= 11 is 0. The van der Waals surface area contributed by atoms with Crippen molar-refractivity contribution in [3.63, 3.8) is 0 Å². The molecule has 0 aromatic heterocycles. The number of amidine groups is 2. The first-order chi connectivity index (χ1) is 15.2. The van der Waals surface area contributed by atoms with Crippen LogP contribution in [0.1, 0.15) is 11.1 Å². The second-order valence-corrected chi connectivity index (χ2v) is 10.2.